The van der Waals surface area contributed by atoms with Crippen molar-refractivity contribution in [3.63, 3.8) is 0 Å². The number of fused-ring (bicyclic) bond motifs is 1. The van der Waals surface area contributed by atoms with Crippen LogP contribution in [-0.4, -0.2) is 21.5 Å². The number of aryl methyl sites for hydroxylation is 3. The fraction of sp³-hybridized carbons (Fsp3) is 0.389. The summed E-state index contributed by atoms with van der Waals surface area (Å²) in [5, 5.41) is 0. The largest absolute Gasteiger partial charge is 0.465 e. The van der Waals surface area contributed by atoms with Gasteiger partial charge in [0.1, 0.15) is 22.0 Å². The first kappa shape index (κ1) is 18.5. The van der Waals surface area contributed by atoms with Gasteiger partial charge in [-0.2, -0.15) is 0 Å². The van der Waals surface area contributed by atoms with Crippen molar-refractivity contribution in [3.05, 3.63) is 46.4 Å². The van der Waals surface area contributed by atoms with Gasteiger partial charge in [0.05, 0.1) is 7.11 Å². The minimum absolute atomic E-state index is 0.0640. The molecule has 1 unspecified atom stereocenters. The second-order valence-corrected chi connectivity index (χ2v) is 8.09. The standard InChI is InChI=1S/C18H22N2O5S/c1-10-16(18(21)24-3)17(11(2)25-10)26(22,23)20-15-6-4-5-12-9-13(19)7-8-14(12)15/h7-9,15,20H,4-6,19H2,1-3H3. The molecule has 2 aromatic rings. The number of nitrogens with two attached hydrogens (primary N) is 1. The molecule has 1 aromatic heterocycles. The van der Waals surface area contributed by atoms with E-state index in [-0.39, 0.29) is 28.0 Å². The first-order valence-electron chi connectivity index (χ1n) is 8.33. The number of benzene rings is 1. The highest BCUT2D eigenvalue weighted by molar-refractivity contribution is 7.89. The molecule has 1 aliphatic rings. The van der Waals surface area contributed by atoms with Crippen LogP contribution in [0.5, 0.6) is 0 Å². The Balaban J connectivity index is 2.01. The van der Waals surface area contributed by atoms with Gasteiger partial charge in [0, 0.05) is 11.7 Å². The van der Waals surface area contributed by atoms with E-state index in [9.17, 15) is 13.2 Å². The number of hydrogen-bond donors (Lipinski definition) is 2. The third kappa shape index (κ3) is 3.22. The van der Waals surface area contributed by atoms with Crippen molar-refractivity contribution in [1.82, 2.24) is 4.72 Å². The SMILES string of the molecule is COC(=O)c1c(C)oc(C)c1S(=O)(=O)NC1CCCc2cc(N)ccc21. The number of hydrogen-bond acceptors (Lipinski definition) is 6. The topological polar surface area (TPSA) is 112 Å². The normalized spacial score (nSPS) is 17.0. The zero-order chi connectivity index (χ0) is 19.1. The Labute approximate surface area is 152 Å². The molecule has 0 fully saturated rings. The fourth-order valence-corrected chi connectivity index (χ4v) is 5.18. The highest BCUT2D eigenvalue weighted by Crippen LogP contribution is 2.34. The Hall–Kier alpha value is -2.32. The zero-order valence-corrected chi connectivity index (χ0v) is 15.8. The van der Waals surface area contributed by atoms with E-state index < -0.39 is 16.0 Å². The summed E-state index contributed by atoms with van der Waals surface area (Å²) in [6, 6.07) is 5.11. The Kier molecular flexibility index (Phi) is 4.81. The number of esters is 1. The maximum atomic E-state index is 13.0. The van der Waals surface area contributed by atoms with Crippen LogP contribution in [0.15, 0.2) is 27.5 Å². The number of carbonyl (C=O) groups excluding carboxylic acids is 1. The van der Waals surface area contributed by atoms with E-state index in [1.54, 1.807) is 6.07 Å². The van der Waals surface area contributed by atoms with Gasteiger partial charge in [0.15, 0.2) is 0 Å². The maximum Gasteiger partial charge on any atom is 0.342 e. The summed E-state index contributed by atoms with van der Waals surface area (Å²) in [6.07, 6.45) is 2.37. The monoisotopic (exact) mass is 378 g/mol. The summed E-state index contributed by atoms with van der Waals surface area (Å²) in [5.74, 6) is -0.369. The third-order valence-corrected chi connectivity index (χ3v) is 6.27. The predicted molar refractivity (Wildman–Crippen MR) is 96.4 cm³/mol. The number of nitrogen functional groups attached to an aromatic ring is 1. The van der Waals surface area contributed by atoms with Crippen LogP contribution in [0.4, 0.5) is 5.69 Å². The van der Waals surface area contributed by atoms with Crippen LogP contribution in [0.1, 0.15) is 51.9 Å². The van der Waals surface area contributed by atoms with E-state index in [4.69, 9.17) is 14.9 Å². The van der Waals surface area contributed by atoms with Crippen molar-refractivity contribution in [2.75, 3.05) is 12.8 Å². The lowest BCUT2D eigenvalue weighted by Crippen LogP contribution is -2.32. The van der Waals surface area contributed by atoms with Crippen LogP contribution >= 0.6 is 0 Å². The molecule has 3 N–H and O–H groups in total. The molecule has 7 nitrogen and oxygen atoms in total. The molecule has 1 aromatic carbocycles. The fourth-order valence-electron chi connectivity index (χ4n) is 3.53. The smallest absolute Gasteiger partial charge is 0.342 e. The van der Waals surface area contributed by atoms with Crippen molar-refractivity contribution in [2.45, 2.75) is 44.0 Å². The minimum atomic E-state index is -3.98. The van der Waals surface area contributed by atoms with Gasteiger partial charge in [-0.3, -0.25) is 0 Å². The summed E-state index contributed by atoms with van der Waals surface area (Å²) < 4.78 is 38.9. The van der Waals surface area contributed by atoms with Gasteiger partial charge in [0.2, 0.25) is 10.0 Å². The van der Waals surface area contributed by atoms with Crippen molar-refractivity contribution in [1.29, 1.82) is 0 Å². The molecular formula is C18H22N2O5S. The molecule has 140 valence electrons. The molecule has 0 spiro atoms. The highest BCUT2D eigenvalue weighted by atomic mass is 32.2. The summed E-state index contributed by atoms with van der Waals surface area (Å²) in [7, 11) is -2.78. The Morgan fingerprint density at radius 1 is 1.31 bits per heavy atom. The second-order valence-electron chi connectivity index (χ2n) is 6.43. The zero-order valence-electron chi connectivity index (χ0n) is 15.0. The number of sulfonamides is 1. The number of methoxy groups -OCH3 is 1. The molecule has 0 aliphatic heterocycles. The van der Waals surface area contributed by atoms with E-state index in [0.29, 0.717) is 12.1 Å². The first-order valence-corrected chi connectivity index (χ1v) is 9.82. The van der Waals surface area contributed by atoms with Crippen LogP contribution in [-0.2, 0) is 21.2 Å². The Morgan fingerprint density at radius 2 is 2.04 bits per heavy atom. The molecule has 26 heavy (non-hydrogen) atoms. The molecule has 0 saturated carbocycles. The molecule has 0 radical (unpaired) electrons. The first-order chi connectivity index (χ1) is 12.2. The summed E-state index contributed by atoms with van der Waals surface area (Å²) >= 11 is 0. The van der Waals surface area contributed by atoms with Crippen molar-refractivity contribution in [2.24, 2.45) is 0 Å². The molecule has 0 saturated heterocycles. The average molecular weight is 378 g/mol. The summed E-state index contributed by atoms with van der Waals surface area (Å²) in [5.41, 5.74) is 8.37. The minimum Gasteiger partial charge on any atom is -0.465 e. The van der Waals surface area contributed by atoms with Gasteiger partial charge in [-0.15, -0.1) is 0 Å². The summed E-state index contributed by atoms with van der Waals surface area (Å²) in [4.78, 5) is 11.9. The van der Waals surface area contributed by atoms with Gasteiger partial charge in [0.25, 0.3) is 0 Å². The van der Waals surface area contributed by atoms with Gasteiger partial charge in [-0.05, 0) is 56.4 Å². The molecular weight excluding hydrogens is 356 g/mol. The van der Waals surface area contributed by atoms with E-state index in [0.717, 1.165) is 24.0 Å². The second kappa shape index (κ2) is 6.77. The van der Waals surface area contributed by atoms with Gasteiger partial charge < -0.3 is 14.9 Å². The van der Waals surface area contributed by atoms with Crippen LogP contribution in [0.2, 0.25) is 0 Å². The van der Waals surface area contributed by atoms with Crippen LogP contribution in [0, 0.1) is 13.8 Å². The van der Waals surface area contributed by atoms with Gasteiger partial charge in [-0.1, -0.05) is 6.07 Å². The number of anilines is 1. The van der Waals surface area contributed by atoms with Crippen LogP contribution in [0.3, 0.4) is 0 Å². The summed E-state index contributed by atoms with van der Waals surface area (Å²) in [6.45, 7) is 3.06. The number of ether oxygens (including phenoxy) is 1. The molecule has 1 heterocycles. The molecule has 0 amide bonds. The highest BCUT2D eigenvalue weighted by Gasteiger charge is 2.34. The lowest BCUT2D eigenvalue weighted by atomic mass is 9.88. The molecule has 3 rings (SSSR count). The number of furan rings is 1. The Morgan fingerprint density at radius 3 is 2.73 bits per heavy atom. The number of nitrogens with one attached hydrogen (secondary N) is 1. The van der Waals surface area contributed by atoms with Gasteiger partial charge >= 0.3 is 5.97 Å². The number of rotatable bonds is 4. The molecule has 1 atom stereocenters. The molecule has 0 bridgehead atoms. The molecule has 1 aliphatic carbocycles. The lowest BCUT2D eigenvalue weighted by Gasteiger charge is -2.26. The molecule has 8 heteroatoms. The van der Waals surface area contributed by atoms with Crippen molar-refractivity contribution in [3.8, 4) is 0 Å². The van der Waals surface area contributed by atoms with Crippen molar-refractivity contribution < 1.29 is 22.4 Å². The maximum absolute atomic E-state index is 13.0. The third-order valence-electron chi connectivity index (χ3n) is 4.64. The van der Waals surface area contributed by atoms with Crippen LogP contribution < -0.4 is 10.5 Å². The quantitative estimate of drug-likeness (QED) is 0.625. The Bertz CT molecular complexity index is 962. The number of carbonyl (C=O) groups is 1. The van der Waals surface area contributed by atoms with Crippen LogP contribution in [0.25, 0.3) is 0 Å². The predicted octanol–water partition coefficient (Wildman–Crippen LogP) is 2.62. The van der Waals surface area contributed by atoms with E-state index in [1.807, 2.05) is 12.1 Å². The van der Waals surface area contributed by atoms with Gasteiger partial charge in [-0.25, -0.2) is 17.9 Å². The van der Waals surface area contributed by atoms with E-state index in [1.165, 1.54) is 21.0 Å². The lowest BCUT2D eigenvalue weighted by molar-refractivity contribution is 0.0595. The van der Waals surface area contributed by atoms with E-state index >= 15 is 0 Å². The van der Waals surface area contributed by atoms with E-state index in [2.05, 4.69) is 4.72 Å². The average Bonchev–Trinajstić information content (AvgIpc) is 2.88. The van der Waals surface area contributed by atoms with Crippen molar-refractivity contribution >= 4 is 21.7 Å².